The summed E-state index contributed by atoms with van der Waals surface area (Å²) in [7, 11) is 2.20. The molecule has 2 unspecified atom stereocenters. The molecule has 2 atom stereocenters. The first-order valence-electron chi connectivity index (χ1n) is 6.62. The summed E-state index contributed by atoms with van der Waals surface area (Å²) in [5.41, 5.74) is 9.67. The highest BCUT2D eigenvalue weighted by atomic mass is 15.1. The van der Waals surface area contributed by atoms with Gasteiger partial charge >= 0.3 is 0 Å². The lowest BCUT2D eigenvalue weighted by Crippen LogP contribution is -2.21. The van der Waals surface area contributed by atoms with E-state index < -0.39 is 0 Å². The van der Waals surface area contributed by atoms with E-state index in [2.05, 4.69) is 44.0 Å². The van der Waals surface area contributed by atoms with Crippen molar-refractivity contribution in [3.8, 4) is 0 Å². The fourth-order valence-electron chi connectivity index (χ4n) is 2.57. The van der Waals surface area contributed by atoms with Gasteiger partial charge in [-0.3, -0.25) is 0 Å². The zero-order chi connectivity index (χ0) is 12.4. The van der Waals surface area contributed by atoms with Crippen molar-refractivity contribution in [3.63, 3.8) is 0 Å². The molecule has 0 radical (unpaired) electrons. The number of aryl methyl sites for hydroxylation is 1. The van der Waals surface area contributed by atoms with Crippen LogP contribution in [0.4, 0.5) is 5.69 Å². The lowest BCUT2D eigenvalue weighted by molar-refractivity contribution is 0.724. The molecule has 0 spiro atoms. The van der Waals surface area contributed by atoms with Gasteiger partial charge < -0.3 is 10.6 Å². The molecule has 1 aromatic rings. The Morgan fingerprint density at radius 3 is 2.65 bits per heavy atom. The SMILES string of the molecule is Cc1cc(CCN)ccc1N(C)CC1CC1C. The molecule has 17 heavy (non-hydrogen) atoms. The summed E-state index contributed by atoms with van der Waals surface area (Å²) in [5, 5.41) is 0. The molecule has 0 amide bonds. The zero-order valence-corrected chi connectivity index (χ0v) is 11.2. The van der Waals surface area contributed by atoms with Crippen molar-refractivity contribution in [2.45, 2.75) is 26.7 Å². The van der Waals surface area contributed by atoms with Gasteiger partial charge in [-0.15, -0.1) is 0 Å². The lowest BCUT2D eigenvalue weighted by atomic mass is 10.1. The van der Waals surface area contributed by atoms with Crippen LogP contribution in [0, 0.1) is 18.8 Å². The van der Waals surface area contributed by atoms with Crippen molar-refractivity contribution in [1.82, 2.24) is 0 Å². The Kier molecular flexibility index (Phi) is 3.72. The van der Waals surface area contributed by atoms with Crippen LogP contribution in [0.1, 0.15) is 24.5 Å². The number of rotatable bonds is 5. The van der Waals surface area contributed by atoms with Crippen LogP contribution < -0.4 is 10.6 Å². The van der Waals surface area contributed by atoms with Gasteiger partial charge in [0.1, 0.15) is 0 Å². The molecule has 1 fully saturated rings. The third-order valence-corrected chi connectivity index (χ3v) is 3.89. The Labute approximate surface area is 105 Å². The Bertz CT molecular complexity index is 387. The van der Waals surface area contributed by atoms with Crippen molar-refractivity contribution < 1.29 is 0 Å². The summed E-state index contributed by atoms with van der Waals surface area (Å²) in [6, 6.07) is 6.73. The van der Waals surface area contributed by atoms with Crippen LogP contribution in [0.25, 0.3) is 0 Å². The van der Waals surface area contributed by atoms with Crippen LogP contribution >= 0.6 is 0 Å². The average Bonchev–Trinajstić information content (AvgIpc) is 2.94. The van der Waals surface area contributed by atoms with E-state index in [0.717, 1.165) is 24.8 Å². The molecule has 1 aliphatic carbocycles. The Morgan fingerprint density at radius 2 is 2.12 bits per heavy atom. The van der Waals surface area contributed by atoms with E-state index in [1.54, 1.807) is 0 Å². The molecule has 0 saturated heterocycles. The molecule has 0 heterocycles. The van der Waals surface area contributed by atoms with Gasteiger partial charge in [-0.05, 0) is 55.3 Å². The third kappa shape index (κ3) is 3.01. The Balaban J connectivity index is 2.04. The zero-order valence-electron chi connectivity index (χ0n) is 11.2. The molecule has 0 aliphatic heterocycles. The molecule has 2 rings (SSSR count). The summed E-state index contributed by atoms with van der Waals surface area (Å²) in [5.74, 6) is 1.83. The van der Waals surface area contributed by atoms with Crippen molar-refractivity contribution in [3.05, 3.63) is 29.3 Å². The number of hydrogen-bond acceptors (Lipinski definition) is 2. The number of anilines is 1. The Hall–Kier alpha value is -1.02. The van der Waals surface area contributed by atoms with Gasteiger partial charge in [-0.1, -0.05) is 19.1 Å². The highest BCUT2D eigenvalue weighted by Crippen LogP contribution is 2.39. The smallest absolute Gasteiger partial charge is 0.0393 e. The van der Waals surface area contributed by atoms with Gasteiger partial charge in [-0.25, -0.2) is 0 Å². The predicted molar refractivity (Wildman–Crippen MR) is 74.5 cm³/mol. The van der Waals surface area contributed by atoms with E-state index in [4.69, 9.17) is 5.73 Å². The largest absolute Gasteiger partial charge is 0.374 e. The van der Waals surface area contributed by atoms with Crippen LogP contribution in [-0.2, 0) is 6.42 Å². The molecule has 0 aromatic heterocycles. The minimum atomic E-state index is 0.730. The summed E-state index contributed by atoms with van der Waals surface area (Å²) in [6.45, 7) is 6.46. The van der Waals surface area contributed by atoms with Gasteiger partial charge in [0.15, 0.2) is 0 Å². The summed E-state index contributed by atoms with van der Waals surface area (Å²) in [4.78, 5) is 2.40. The number of hydrogen-bond donors (Lipinski definition) is 1. The normalized spacial score (nSPS) is 22.6. The van der Waals surface area contributed by atoms with Crippen LogP contribution in [0.2, 0.25) is 0 Å². The number of nitrogens with two attached hydrogens (primary N) is 1. The van der Waals surface area contributed by atoms with E-state index in [1.165, 1.54) is 29.8 Å². The maximum Gasteiger partial charge on any atom is 0.0393 e. The minimum Gasteiger partial charge on any atom is -0.374 e. The average molecular weight is 232 g/mol. The first-order chi connectivity index (χ1) is 8.11. The van der Waals surface area contributed by atoms with Crippen LogP contribution in [0.5, 0.6) is 0 Å². The molecule has 1 aliphatic rings. The third-order valence-electron chi connectivity index (χ3n) is 3.89. The predicted octanol–water partition coefficient (Wildman–Crippen LogP) is 2.59. The van der Waals surface area contributed by atoms with E-state index in [1.807, 2.05) is 0 Å². The molecule has 2 N–H and O–H groups in total. The van der Waals surface area contributed by atoms with Crippen LogP contribution in [-0.4, -0.2) is 20.1 Å². The molecular weight excluding hydrogens is 208 g/mol. The van der Waals surface area contributed by atoms with Crippen molar-refractivity contribution >= 4 is 5.69 Å². The summed E-state index contributed by atoms with van der Waals surface area (Å²) >= 11 is 0. The van der Waals surface area contributed by atoms with Crippen LogP contribution in [0.3, 0.4) is 0 Å². The monoisotopic (exact) mass is 232 g/mol. The maximum absolute atomic E-state index is 5.59. The number of nitrogens with zero attached hydrogens (tertiary/aromatic N) is 1. The maximum atomic E-state index is 5.59. The molecule has 94 valence electrons. The minimum absolute atomic E-state index is 0.730. The quantitative estimate of drug-likeness (QED) is 0.845. The van der Waals surface area contributed by atoms with Gasteiger partial charge in [0.25, 0.3) is 0 Å². The number of benzene rings is 1. The second kappa shape index (κ2) is 5.09. The van der Waals surface area contributed by atoms with Gasteiger partial charge in [0, 0.05) is 19.3 Å². The topological polar surface area (TPSA) is 29.3 Å². The fraction of sp³-hybridized carbons (Fsp3) is 0.600. The molecule has 0 bridgehead atoms. The van der Waals surface area contributed by atoms with E-state index in [-0.39, 0.29) is 0 Å². The van der Waals surface area contributed by atoms with Gasteiger partial charge in [0.2, 0.25) is 0 Å². The van der Waals surface area contributed by atoms with Gasteiger partial charge in [0.05, 0.1) is 0 Å². The highest BCUT2D eigenvalue weighted by molar-refractivity contribution is 5.54. The first kappa shape index (κ1) is 12.4. The lowest BCUT2D eigenvalue weighted by Gasteiger charge is -2.22. The van der Waals surface area contributed by atoms with Crippen molar-refractivity contribution in [2.75, 3.05) is 25.0 Å². The molecule has 1 aromatic carbocycles. The highest BCUT2D eigenvalue weighted by Gasteiger charge is 2.33. The van der Waals surface area contributed by atoms with Crippen molar-refractivity contribution in [1.29, 1.82) is 0 Å². The molecule has 2 heteroatoms. The van der Waals surface area contributed by atoms with E-state index in [0.29, 0.717) is 0 Å². The van der Waals surface area contributed by atoms with E-state index in [9.17, 15) is 0 Å². The Morgan fingerprint density at radius 1 is 1.41 bits per heavy atom. The second-order valence-corrected chi connectivity index (χ2v) is 5.51. The van der Waals surface area contributed by atoms with Crippen molar-refractivity contribution in [2.24, 2.45) is 17.6 Å². The molecule has 2 nitrogen and oxygen atoms in total. The van der Waals surface area contributed by atoms with E-state index >= 15 is 0 Å². The van der Waals surface area contributed by atoms with Crippen LogP contribution in [0.15, 0.2) is 18.2 Å². The summed E-state index contributed by atoms with van der Waals surface area (Å²) in [6.07, 6.45) is 2.37. The first-order valence-corrected chi connectivity index (χ1v) is 6.62. The fourth-order valence-corrected chi connectivity index (χ4v) is 2.57. The second-order valence-electron chi connectivity index (χ2n) is 5.51. The summed E-state index contributed by atoms with van der Waals surface area (Å²) < 4.78 is 0. The molecular formula is C15H24N2. The molecule has 1 saturated carbocycles. The standard InChI is InChI=1S/C15H24N2/c1-11-9-14(11)10-17(3)15-5-4-13(6-7-16)8-12(15)2/h4-5,8,11,14H,6-7,9-10,16H2,1-3H3. The van der Waals surface area contributed by atoms with Gasteiger partial charge in [-0.2, -0.15) is 0 Å².